The van der Waals surface area contributed by atoms with E-state index < -0.39 is 29.2 Å². The van der Waals surface area contributed by atoms with Crippen molar-refractivity contribution in [3.63, 3.8) is 0 Å². The van der Waals surface area contributed by atoms with Crippen molar-refractivity contribution in [1.82, 2.24) is 9.55 Å². The number of alkyl halides is 2. The molecule has 0 N–H and O–H groups in total. The number of methoxy groups -OCH3 is 1. The first kappa shape index (κ1) is 26.0. The lowest BCUT2D eigenvalue weighted by molar-refractivity contribution is -0.120. The van der Waals surface area contributed by atoms with Gasteiger partial charge in [0.25, 0.3) is 5.92 Å². The summed E-state index contributed by atoms with van der Waals surface area (Å²) in [5, 5.41) is 0.334. The summed E-state index contributed by atoms with van der Waals surface area (Å²) < 4.78 is 54.8. The van der Waals surface area contributed by atoms with Crippen LogP contribution in [0.15, 0.2) is 60.8 Å². The van der Waals surface area contributed by atoms with Gasteiger partial charge in [0.05, 0.1) is 13.7 Å². The number of carbonyl (C=O) groups excluding carboxylic acids is 2. The number of Topliss-reactive ketones (excluding diaryl/α,β-unsaturated/α-hetero) is 1. The highest BCUT2D eigenvalue weighted by Crippen LogP contribution is 2.31. The molecule has 0 saturated carbocycles. The van der Waals surface area contributed by atoms with Crippen molar-refractivity contribution in [1.29, 1.82) is 0 Å². The fraction of sp³-hybridized carbons (Fsp3) is 0.222. The molecule has 0 aliphatic carbocycles. The first-order valence-electron chi connectivity index (χ1n) is 11.3. The molecule has 188 valence electrons. The number of nitrogens with zero attached hydrogens (tertiary/aromatic N) is 2. The van der Waals surface area contributed by atoms with Crippen molar-refractivity contribution in [2.75, 3.05) is 7.11 Å². The Balaban J connectivity index is 1.80. The van der Waals surface area contributed by atoms with Crippen LogP contribution in [0.2, 0.25) is 0 Å². The van der Waals surface area contributed by atoms with Crippen LogP contribution in [-0.2, 0) is 17.3 Å². The Morgan fingerprint density at radius 1 is 1.08 bits per heavy atom. The number of fused-ring (bicyclic) bond motifs is 1. The van der Waals surface area contributed by atoms with E-state index in [0.29, 0.717) is 16.7 Å². The molecule has 10 heteroatoms. The smallest absolute Gasteiger partial charge is 0.287 e. The number of ether oxygens (including phenoxy) is 2. The molecule has 6 nitrogen and oxygen atoms in total. The van der Waals surface area contributed by atoms with Crippen LogP contribution in [0.25, 0.3) is 11.0 Å². The van der Waals surface area contributed by atoms with Crippen molar-refractivity contribution >= 4 is 30.4 Å². The minimum Gasteiger partial charge on any atom is -0.497 e. The van der Waals surface area contributed by atoms with Crippen LogP contribution in [-0.4, -0.2) is 42.1 Å². The van der Waals surface area contributed by atoms with E-state index in [1.165, 1.54) is 43.0 Å². The van der Waals surface area contributed by atoms with Crippen molar-refractivity contribution in [2.45, 2.75) is 32.3 Å². The molecular weight excluding hydrogens is 484 g/mol. The predicted molar refractivity (Wildman–Crippen MR) is 132 cm³/mol. The number of carbonyl (C=O) groups is 2. The standard InChI is InChI=1S/C27H22BF3N2O4/c1-15(34)25(28)37-19-8-10-22(29)17(12-19)13-33-14-21(24(35)16-4-6-18(36-3)7-5-16)20-9-11-23(27(2,30)31)32-26(20)33/h4-12,14,25H,13H2,1-3H3. The lowest BCUT2D eigenvalue weighted by Gasteiger charge is -2.14. The Morgan fingerprint density at radius 2 is 1.76 bits per heavy atom. The van der Waals surface area contributed by atoms with Gasteiger partial charge in [-0.05, 0) is 61.5 Å². The summed E-state index contributed by atoms with van der Waals surface area (Å²) in [4.78, 5) is 28.9. The highest BCUT2D eigenvalue weighted by molar-refractivity contribution is 6.23. The van der Waals surface area contributed by atoms with Gasteiger partial charge in [0.15, 0.2) is 11.6 Å². The van der Waals surface area contributed by atoms with Gasteiger partial charge < -0.3 is 14.0 Å². The number of pyridine rings is 1. The third-order valence-corrected chi connectivity index (χ3v) is 5.79. The van der Waals surface area contributed by atoms with E-state index in [2.05, 4.69) is 4.98 Å². The number of halogens is 3. The van der Waals surface area contributed by atoms with E-state index in [1.54, 1.807) is 24.3 Å². The Hall–Kier alpha value is -4.08. The van der Waals surface area contributed by atoms with Crippen LogP contribution in [0.5, 0.6) is 11.5 Å². The van der Waals surface area contributed by atoms with E-state index in [1.807, 2.05) is 0 Å². The first-order valence-corrected chi connectivity index (χ1v) is 11.3. The molecule has 2 radical (unpaired) electrons. The lowest BCUT2D eigenvalue weighted by atomic mass is 9.96. The van der Waals surface area contributed by atoms with Crippen molar-refractivity contribution in [2.24, 2.45) is 0 Å². The molecule has 2 aromatic carbocycles. The second-order valence-electron chi connectivity index (χ2n) is 8.59. The second kappa shape index (κ2) is 10.1. The summed E-state index contributed by atoms with van der Waals surface area (Å²) in [5.41, 5.74) is 0.272. The molecule has 4 rings (SSSR count). The minimum absolute atomic E-state index is 0.0852. The molecule has 37 heavy (non-hydrogen) atoms. The Kier molecular flexibility index (Phi) is 7.11. The summed E-state index contributed by atoms with van der Waals surface area (Å²) in [6.45, 7) is 1.82. The number of ketones is 2. The quantitative estimate of drug-likeness (QED) is 0.235. The molecule has 0 fully saturated rings. The van der Waals surface area contributed by atoms with Gasteiger partial charge in [-0.15, -0.1) is 0 Å². The van der Waals surface area contributed by atoms with Gasteiger partial charge in [-0.3, -0.25) is 9.59 Å². The van der Waals surface area contributed by atoms with Crippen LogP contribution < -0.4 is 9.47 Å². The molecule has 0 amide bonds. The van der Waals surface area contributed by atoms with Crippen molar-refractivity contribution in [3.05, 3.63) is 89.0 Å². The molecule has 2 aromatic heterocycles. The van der Waals surface area contributed by atoms with E-state index in [4.69, 9.17) is 17.3 Å². The summed E-state index contributed by atoms with van der Waals surface area (Å²) >= 11 is 0. The van der Waals surface area contributed by atoms with E-state index in [-0.39, 0.29) is 34.9 Å². The normalized spacial score (nSPS) is 12.4. The number of benzene rings is 2. The number of hydrogen-bond acceptors (Lipinski definition) is 5. The maximum Gasteiger partial charge on any atom is 0.287 e. The molecule has 0 aliphatic rings. The summed E-state index contributed by atoms with van der Waals surface area (Å²) in [7, 11) is 7.14. The van der Waals surface area contributed by atoms with Gasteiger partial charge in [0, 0.05) is 35.2 Å². The number of hydrogen-bond donors (Lipinski definition) is 0. The molecular formula is C27H22BF3N2O4. The monoisotopic (exact) mass is 506 g/mol. The fourth-order valence-electron chi connectivity index (χ4n) is 3.77. The van der Waals surface area contributed by atoms with Crippen molar-refractivity contribution in [3.8, 4) is 11.5 Å². The van der Waals surface area contributed by atoms with E-state index in [9.17, 15) is 22.8 Å². The minimum atomic E-state index is -3.23. The number of aromatic nitrogens is 2. The zero-order valence-electron chi connectivity index (χ0n) is 20.3. The average molecular weight is 506 g/mol. The molecule has 4 aromatic rings. The Labute approximate surface area is 212 Å². The van der Waals surface area contributed by atoms with Crippen LogP contribution in [0.4, 0.5) is 13.2 Å². The second-order valence-corrected chi connectivity index (χ2v) is 8.59. The van der Waals surface area contributed by atoms with Gasteiger partial charge in [0.2, 0.25) is 0 Å². The SMILES string of the molecule is [B]C(Oc1ccc(F)c(Cn2cc(C(=O)c3ccc(OC)cc3)c3ccc(C(C)(F)F)nc32)c1)C(C)=O. The number of rotatable bonds is 9. The topological polar surface area (TPSA) is 70.4 Å². The molecule has 2 heterocycles. The zero-order valence-corrected chi connectivity index (χ0v) is 20.3. The third kappa shape index (κ3) is 5.53. The third-order valence-electron chi connectivity index (χ3n) is 5.79. The highest BCUT2D eigenvalue weighted by atomic mass is 19.3. The summed E-state index contributed by atoms with van der Waals surface area (Å²) in [6, 6.07) is 11.6. The van der Waals surface area contributed by atoms with Gasteiger partial charge in [-0.2, -0.15) is 8.78 Å². The van der Waals surface area contributed by atoms with Crippen molar-refractivity contribution < 1.29 is 32.2 Å². The summed E-state index contributed by atoms with van der Waals surface area (Å²) in [5.74, 6) is -3.90. The van der Waals surface area contributed by atoms with Gasteiger partial charge in [-0.1, -0.05) is 0 Å². The maximum atomic E-state index is 14.7. The molecule has 1 unspecified atom stereocenters. The van der Waals surface area contributed by atoms with E-state index in [0.717, 1.165) is 19.1 Å². The van der Waals surface area contributed by atoms with Crippen LogP contribution in [0, 0.1) is 5.82 Å². The van der Waals surface area contributed by atoms with Crippen LogP contribution >= 0.6 is 0 Å². The molecule has 0 bridgehead atoms. The molecule has 0 aliphatic heterocycles. The maximum absolute atomic E-state index is 14.7. The first-order chi connectivity index (χ1) is 17.5. The zero-order chi connectivity index (χ0) is 26.9. The highest BCUT2D eigenvalue weighted by Gasteiger charge is 2.28. The molecule has 0 spiro atoms. The Bertz CT molecular complexity index is 1480. The molecule has 0 saturated heterocycles. The van der Waals surface area contributed by atoms with Crippen LogP contribution in [0.3, 0.4) is 0 Å². The Morgan fingerprint density at radius 3 is 2.38 bits per heavy atom. The van der Waals surface area contributed by atoms with Gasteiger partial charge in [0.1, 0.15) is 42.5 Å². The largest absolute Gasteiger partial charge is 0.497 e. The predicted octanol–water partition coefficient (Wildman–Crippen LogP) is 5.04. The average Bonchev–Trinajstić information content (AvgIpc) is 3.22. The van der Waals surface area contributed by atoms with Gasteiger partial charge >= 0.3 is 0 Å². The fourth-order valence-corrected chi connectivity index (χ4v) is 3.77. The molecule has 1 atom stereocenters. The van der Waals surface area contributed by atoms with Crippen LogP contribution in [0.1, 0.15) is 41.0 Å². The summed E-state index contributed by atoms with van der Waals surface area (Å²) in [6.07, 6.45) is 1.45. The van der Waals surface area contributed by atoms with Gasteiger partial charge in [-0.25, -0.2) is 9.37 Å². The van der Waals surface area contributed by atoms with E-state index >= 15 is 0 Å². The lowest BCUT2D eigenvalue weighted by Crippen LogP contribution is -2.25.